The summed E-state index contributed by atoms with van der Waals surface area (Å²) in [6.45, 7) is 7.57. The summed E-state index contributed by atoms with van der Waals surface area (Å²) in [7, 11) is -3.43. The van der Waals surface area contributed by atoms with E-state index in [1.54, 1.807) is 6.07 Å². The number of sulfonamides is 1. The maximum Gasteiger partial charge on any atom is 0.241 e. The Morgan fingerprint density at radius 2 is 2.05 bits per heavy atom. The van der Waals surface area contributed by atoms with Crippen LogP contribution in [0.1, 0.15) is 44.2 Å². The van der Waals surface area contributed by atoms with Crippen molar-refractivity contribution in [2.24, 2.45) is 5.92 Å². The predicted molar refractivity (Wildman–Crippen MR) is 85.7 cm³/mol. The molecular formula is C16H26N2O2S. The Bertz CT molecular complexity index is 584. The zero-order valence-corrected chi connectivity index (χ0v) is 14.0. The number of nitrogens with one attached hydrogen (secondary N) is 2. The van der Waals surface area contributed by atoms with Crippen molar-refractivity contribution < 1.29 is 8.42 Å². The molecule has 4 nitrogen and oxygen atoms in total. The lowest BCUT2D eigenvalue weighted by atomic mass is 10.1. The zero-order chi connectivity index (χ0) is 15.5. The van der Waals surface area contributed by atoms with Crippen molar-refractivity contribution >= 4 is 10.0 Å². The molecular weight excluding hydrogens is 284 g/mol. The van der Waals surface area contributed by atoms with E-state index in [0.29, 0.717) is 17.4 Å². The third-order valence-electron chi connectivity index (χ3n) is 4.29. The summed E-state index contributed by atoms with van der Waals surface area (Å²) in [6.07, 6.45) is 3.15. The van der Waals surface area contributed by atoms with Gasteiger partial charge in [0.1, 0.15) is 0 Å². The van der Waals surface area contributed by atoms with Crippen LogP contribution in [0.15, 0.2) is 23.1 Å². The van der Waals surface area contributed by atoms with E-state index in [0.717, 1.165) is 36.9 Å². The molecule has 2 N–H and O–H groups in total. The van der Waals surface area contributed by atoms with Crippen LogP contribution in [0.3, 0.4) is 0 Å². The monoisotopic (exact) mass is 310 g/mol. The van der Waals surface area contributed by atoms with E-state index in [1.807, 2.05) is 26.0 Å². The molecule has 0 radical (unpaired) electrons. The quantitative estimate of drug-likeness (QED) is 0.849. The van der Waals surface area contributed by atoms with Crippen molar-refractivity contribution in [3.8, 4) is 0 Å². The summed E-state index contributed by atoms with van der Waals surface area (Å²) in [5, 5.41) is 3.23. The molecule has 0 spiro atoms. The summed E-state index contributed by atoms with van der Waals surface area (Å²) in [5.41, 5.74) is 1.80. The van der Waals surface area contributed by atoms with Gasteiger partial charge in [-0.15, -0.1) is 0 Å². The van der Waals surface area contributed by atoms with Crippen molar-refractivity contribution in [2.75, 3.05) is 6.54 Å². The Morgan fingerprint density at radius 1 is 1.29 bits per heavy atom. The third kappa shape index (κ3) is 4.05. The van der Waals surface area contributed by atoms with Gasteiger partial charge in [0.15, 0.2) is 0 Å². The maximum absolute atomic E-state index is 12.6. The van der Waals surface area contributed by atoms with Gasteiger partial charge in [-0.3, -0.25) is 0 Å². The van der Waals surface area contributed by atoms with Crippen molar-refractivity contribution in [1.82, 2.24) is 10.0 Å². The molecule has 118 valence electrons. The minimum absolute atomic E-state index is 0.0758. The molecule has 0 saturated heterocycles. The lowest BCUT2D eigenvalue weighted by Crippen LogP contribution is -2.36. The van der Waals surface area contributed by atoms with E-state index >= 15 is 0 Å². The maximum atomic E-state index is 12.6. The van der Waals surface area contributed by atoms with Gasteiger partial charge in [0, 0.05) is 12.6 Å². The fraction of sp³-hybridized carbons (Fsp3) is 0.625. The number of rotatable bonds is 6. The Hall–Kier alpha value is -0.910. The molecule has 1 aliphatic carbocycles. The van der Waals surface area contributed by atoms with Crippen LogP contribution in [0.5, 0.6) is 0 Å². The lowest BCUT2D eigenvalue weighted by Gasteiger charge is -2.19. The molecule has 2 unspecified atom stereocenters. The second kappa shape index (κ2) is 6.90. The fourth-order valence-corrected chi connectivity index (χ4v) is 4.57. The first-order valence-corrected chi connectivity index (χ1v) is 9.25. The van der Waals surface area contributed by atoms with Crippen LogP contribution in [0, 0.1) is 12.8 Å². The normalized spacial score (nSPS) is 22.6. The third-order valence-corrected chi connectivity index (χ3v) is 5.92. The van der Waals surface area contributed by atoms with Gasteiger partial charge in [-0.1, -0.05) is 32.4 Å². The minimum Gasteiger partial charge on any atom is -0.313 e. The first kappa shape index (κ1) is 16.5. The Morgan fingerprint density at radius 3 is 2.67 bits per heavy atom. The molecule has 0 heterocycles. The van der Waals surface area contributed by atoms with E-state index < -0.39 is 10.0 Å². The van der Waals surface area contributed by atoms with E-state index in [9.17, 15) is 8.42 Å². The predicted octanol–water partition coefficient (Wildman–Crippen LogP) is 2.57. The summed E-state index contributed by atoms with van der Waals surface area (Å²) in [5.74, 6) is 0.421. The molecule has 2 rings (SSSR count). The zero-order valence-electron chi connectivity index (χ0n) is 13.1. The summed E-state index contributed by atoms with van der Waals surface area (Å²) < 4.78 is 28.2. The topological polar surface area (TPSA) is 58.2 Å². The molecule has 0 aromatic heterocycles. The molecule has 0 aliphatic heterocycles. The Balaban J connectivity index is 2.22. The van der Waals surface area contributed by atoms with Crippen LogP contribution in [-0.2, 0) is 16.6 Å². The van der Waals surface area contributed by atoms with Gasteiger partial charge in [-0.25, -0.2) is 13.1 Å². The van der Waals surface area contributed by atoms with Crippen LogP contribution in [-0.4, -0.2) is 21.0 Å². The SMILES string of the molecule is CCNCc1ccc(C)c(S(=O)(=O)NC2CCCC2C)c1. The molecule has 0 amide bonds. The molecule has 1 saturated carbocycles. The molecule has 0 bridgehead atoms. The van der Waals surface area contributed by atoms with Gasteiger partial charge < -0.3 is 5.32 Å². The smallest absolute Gasteiger partial charge is 0.241 e. The van der Waals surface area contributed by atoms with Crippen LogP contribution in [0.25, 0.3) is 0 Å². The highest BCUT2D eigenvalue weighted by molar-refractivity contribution is 7.89. The van der Waals surface area contributed by atoms with Crippen LogP contribution in [0.4, 0.5) is 0 Å². The van der Waals surface area contributed by atoms with Gasteiger partial charge in [-0.2, -0.15) is 0 Å². The number of aryl methyl sites for hydroxylation is 1. The van der Waals surface area contributed by atoms with E-state index in [1.165, 1.54) is 0 Å². The number of hydrogen-bond acceptors (Lipinski definition) is 3. The summed E-state index contributed by atoms with van der Waals surface area (Å²) in [6, 6.07) is 5.74. The van der Waals surface area contributed by atoms with Crippen molar-refractivity contribution in [3.05, 3.63) is 29.3 Å². The van der Waals surface area contributed by atoms with Gasteiger partial charge >= 0.3 is 0 Å². The summed E-state index contributed by atoms with van der Waals surface area (Å²) in [4.78, 5) is 0.414. The first-order chi connectivity index (χ1) is 9.94. The van der Waals surface area contributed by atoms with Gasteiger partial charge in [-0.05, 0) is 49.4 Å². The van der Waals surface area contributed by atoms with Crippen LogP contribution >= 0.6 is 0 Å². The highest BCUT2D eigenvalue weighted by Crippen LogP contribution is 2.27. The average molecular weight is 310 g/mol. The molecule has 1 aliphatic rings. The first-order valence-electron chi connectivity index (χ1n) is 7.76. The molecule has 1 aromatic carbocycles. The van der Waals surface area contributed by atoms with Crippen LogP contribution in [0.2, 0.25) is 0 Å². The van der Waals surface area contributed by atoms with E-state index in [-0.39, 0.29) is 6.04 Å². The number of hydrogen-bond donors (Lipinski definition) is 2. The lowest BCUT2D eigenvalue weighted by molar-refractivity contribution is 0.476. The van der Waals surface area contributed by atoms with E-state index in [4.69, 9.17) is 0 Å². The molecule has 1 aromatic rings. The Labute approximate surface area is 128 Å². The molecule has 1 fully saturated rings. The van der Waals surface area contributed by atoms with Gasteiger partial charge in [0.25, 0.3) is 0 Å². The second-order valence-electron chi connectivity index (χ2n) is 6.02. The van der Waals surface area contributed by atoms with Crippen molar-refractivity contribution in [2.45, 2.75) is 57.5 Å². The second-order valence-corrected chi connectivity index (χ2v) is 7.70. The minimum atomic E-state index is -3.43. The average Bonchev–Trinajstić information content (AvgIpc) is 2.82. The standard InChI is InChI=1S/C16H26N2O2S/c1-4-17-11-14-9-8-13(3)16(10-14)21(19,20)18-15-7-5-6-12(15)2/h8-10,12,15,17-18H,4-7,11H2,1-3H3. The van der Waals surface area contributed by atoms with E-state index in [2.05, 4.69) is 17.0 Å². The highest BCUT2D eigenvalue weighted by atomic mass is 32.2. The largest absolute Gasteiger partial charge is 0.313 e. The van der Waals surface area contributed by atoms with Crippen LogP contribution < -0.4 is 10.0 Å². The van der Waals surface area contributed by atoms with Gasteiger partial charge in [0.2, 0.25) is 10.0 Å². The van der Waals surface area contributed by atoms with Crippen molar-refractivity contribution in [1.29, 1.82) is 0 Å². The summed E-state index contributed by atoms with van der Waals surface area (Å²) >= 11 is 0. The van der Waals surface area contributed by atoms with Crippen molar-refractivity contribution in [3.63, 3.8) is 0 Å². The Kier molecular flexibility index (Phi) is 5.41. The van der Waals surface area contributed by atoms with Gasteiger partial charge in [0.05, 0.1) is 4.90 Å². The number of benzene rings is 1. The molecule has 21 heavy (non-hydrogen) atoms. The molecule has 2 atom stereocenters. The fourth-order valence-electron chi connectivity index (χ4n) is 2.90. The molecule has 5 heteroatoms. The highest BCUT2D eigenvalue weighted by Gasteiger charge is 2.29.